The van der Waals surface area contributed by atoms with E-state index in [1.807, 2.05) is 39.6 Å². The maximum absolute atomic E-state index is 14.6. The third kappa shape index (κ3) is 12.6. The summed E-state index contributed by atoms with van der Waals surface area (Å²) in [5, 5.41) is 55.7. The number of esters is 1. The SMILES string of the molecule is CCCN(C[C@]1(O)[C@H](C)O[C@@H](O[C@H]2[C@H](C)[C@@H](O[C@@H]3O[C@H](C)C[C@H](NC)[C@H]3Oc3ncccn3)[C@](C)(O)C[C@@H](C)CN[C@H](C)[C@@H](O)[C@](C)(O)[C@@H](CC)OC(=O)[C@@H]2C)C[C@@]1(C)OC)c1ncccn1. The molecule has 5 heterocycles. The highest BCUT2D eigenvalue weighted by Gasteiger charge is 2.59. The first kappa shape index (κ1) is 54.7. The molecule has 0 radical (unpaired) electrons. The Bertz CT molecular complexity index is 1820. The van der Waals surface area contributed by atoms with E-state index in [0.717, 1.165) is 6.42 Å². The molecule has 0 aliphatic carbocycles. The lowest BCUT2D eigenvalue weighted by atomic mass is 9.74. The number of methoxy groups -OCH3 is 1. The molecule has 3 aliphatic rings. The zero-order valence-corrected chi connectivity index (χ0v) is 42.0. The van der Waals surface area contributed by atoms with Gasteiger partial charge < -0.3 is 69.1 Å². The first-order valence-electron chi connectivity index (χ1n) is 24.1. The quantitative estimate of drug-likeness (QED) is 0.149. The molecule has 3 fully saturated rings. The summed E-state index contributed by atoms with van der Waals surface area (Å²) in [4.78, 5) is 34.1. The molecule has 380 valence electrons. The molecule has 0 bridgehead atoms. The van der Waals surface area contributed by atoms with Crippen LogP contribution in [-0.2, 0) is 33.2 Å². The molecular weight excluding hydrogens is 867 g/mol. The molecule has 0 unspecified atom stereocenters. The first-order valence-corrected chi connectivity index (χ1v) is 24.1. The molecule has 2 aromatic heterocycles. The lowest BCUT2D eigenvalue weighted by Crippen LogP contribution is -2.70. The van der Waals surface area contributed by atoms with Gasteiger partial charge in [-0.25, -0.2) is 19.9 Å². The van der Waals surface area contributed by atoms with Gasteiger partial charge in [0.2, 0.25) is 5.95 Å². The molecule has 19 nitrogen and oxygen atoms in total. The van der Waals surface area contributed by atoms with E-state index in [9.17, 15) is 25.2 Å². The van der Waals surface area contributed by atoms with E-state index in [2.05, 4.69) is 30.6 Å². The molecule has 2 aromatic rings. The average Bonchev–Trinajstić information content (AvgIpc) is 3.29. The number of carbonyl (C=O) groups excluding carboxylic acids is 1. The number of nitrogens with one attached hydrogen (secondary N) is 2. The summed E-state index contributed by atoms with van der Waals surface area (Å²) in [5.41, 5.74) is -6.35. The van der Waals surface area contributed by atoms with Crippen molar-refractivity contribution < 1.29 is 58.4 Å². The fraction of sp³-hybridized carbons (Fsp3) is 0.812. The molecule has 6 N–H and O–H groups in total. The Balaban J connectivity index is 1.59. The number of hydrogen-bond acceptors (Lipinski definition) is 19. The normalized spacial score (nSPS) is 41.7. The number of carbonyl (C=O) groups is 1. The fourth-order valence-corrected chi connectivity index (χ4v) is 10.4. The van der Waals surface area contributed by atoms with Crippen LogP contribution in [0.3, 0.4) is 0 Å². The number of anilines is 1. The number of hydrogen-bond donors (Lipinski definition) is 6. The van der Waals surface area contributed by atoms with E-state index in [-0.39, 0.29) is 49.9 Å². The van der Waals surface area contributed by atoms with Gasteiger partial charge in [0, 0.05) is 56.8 Å². The number of aliphatic hydroxyl groups excluding tert-OH is 1. The van der Waals surface area contributed by atoms with Gasteiger partial charge in [-0.2, -0.15) is 0 Å². The van der Waals surface area contributed by atoms with Crippen LogP contribution in [0.15, 0.2) is 36.9 Å². The molecule has 0 spiro atoms. The lowest BCUT2D eigenvalue weighted by molar-refractivity contribution is -0.334. The van der Waals surface area contributed by atoms with E-state index in [4.69, 9.17) is 33.2 Å². The van der Waals surface area contributed by atoms with Crippen molar-refractivity contribution in [3.05, 3.63) is 36.9 Å². The van der Waals surface area contributed by atoms with E-state index >= 15 is 0 Å². The van der Waals surface area contributed by atoms with Crippen molar-refractivity contribution in [1.82, 2.24) is 30.6 Å². The Hall–Kier alpha value is -3.21. The average molecular weight is 948 g/mol. The minimum Gasteiger partial charge on any atom is -0.459 e. The van der Waals surface area contributed by atoms with E-state index in [0.29, 0.717) is 25.5 Å². The molecule has 5 rings (SSSR count). The Morgan fingerprint density at radius 1 is 0.910 bits per heavy atom. The van der Waals surface area contributed by atoms with Crippen LogP contribution in [0.4, 0.5) is 5.95 Å². The third-order valence-corrected chi connectivity index (χ3v) is 14.4. The Labute approximate surface area is 397 Å². The van der Waals surface area contributed by atoms with Gasteiger partial charge in [0.25, 0.3) is 0 Å². The van der Waals surface area contributed by atoms with Gasteiger partial charge in [-0.15, -0.1) is 0 Å². The number of aliphatic hydroxyl groups is 4. The summed E-state index contributed by atoms with van der Waals surface area (Å²) in [6.07, 6.45) is -0.561. The number of rotatable bonds is 14. The van der Waals surface area contributed by atoms with Crippen molar-refractivity contribution in [2.75, 3.05) is 38.7 Å². The number of cyclic esters (lactones) is 1. The standard InChI is InChI=1S/C48H81N7O12/c1-14-22-55(43-50-18-16-19-51-43)27-48(60)33(8)63-36(25-46(48,10)61-13)65-37-30(5)40(67-42-38(34(49-12)23-29(4)62-42)66-44-52-20-17-21-53-44)45(9,58)24-28(3)26-54-32(7)39(56)47(11,59)35(15-2)64-41(57)31(37)6/h16-21,28-40,42,49,54,56,58-60H,14-15,22-27H2,1-13H3/t28-,29-,30+,31-,32-,33+,34+,35-,36+,37+,38-,39-,40-,42+,45-,46-,47-,48+/m1/s1. The molecule has 18 atom stereocenters. The van der Waals surface area contributed by atoms with Crippen LogP contribution in [0.2, 0.25) is 0 Å². The van der Waals surface area contributed by atoms with E-state index < -0.39 is 95.5 Å². The summed E-state index contributed by atoms with van der Waals surface area (Å²) < 4.78 is 46.0. The molecule has 0 amide bonds. The Morgan fingerprint density at radius 2 is 1.55 bits per heavy atom. The summed E-state index contributed by atoms with van der Waals surface area (Å²) in [6.45, 7) is 20.7. The maximum Gasteiger partial charge on any atom is 0.316 e. The summed E-state index contributed by atoms with van der Waals surface area (Å²) >= 11 is 0. The van der Waals surface area contributed by atoms with Gasteiger partial charge in [-0.3, -0.25) is 4.79 Å². The number of ether oxygens (including phenoxy) is 7. The second kappa shape index (κ2) is 23.1. The highest BCUT2D eigenvalue weighted by atomic mass is 16.7. The monoisotopic (exact) mass is 948 g/mol. The van der Waals surface area contributed by atoms with Gasteiger partial charge >= 0.3 is 12.0 Å². The second-order valence-electron chi connectivity index (χ2n) is 20.0. The lowest BCUT2D eigenvalue weighted by Gasteiger charge is -2.54. The van der Waals surface area contributed by atoms with Crippen LogP contribution >= 0.6 is 0 Å². The Kier molecular flexibility index (Phi) is 18.9. The van der Waals surface area contributed by atoms with Crippen molar-refractivity contribution in [2.45, 2.75) is 198 Å². The zero-order chi connectivity index (χ0) is 49.5. The largest absolute Gasteiger partial charge is 0.459 e. The van der Waals surface area contributed by atoms with Crippen LogP contribution in [0, 0.1) is 17.8 Å². The minimum atomic E-state index is -1.85. The van der Waals surface area contributed by atoms with Gasteiger partial charge in [-0.05, 0) is 106 Å². The van der Waals surface area contributed by atoms with Gasteiger partial charge in [0.05, 0.1) is 48.5 Å². The van der Waals surface area contributed by atoms with E-state index in [1.54, 1.807) is 78.5 Å². The van der Waals surface area contributed by atoms with Crippen LogP contribution < -0.4 is 20.3 Å². The molecule has 3 saturated heterocycles. The van der Waals surface area contributed by atoms with Gasteiger partial charge in [0.1, 0.15) is 29.0 Å². The highest BCUT2D eigenvalue weighted by molar-refractivity contribution is 5.73. The Morgan fingerprint density at radius 3 is 2.15 bits per heavy atom. The molecule has 0 aromatic carbocycles. The molecule has 67 heavy (non-hydrogen) atoms. The van der Waals surface area contributed by atoms with Crippen LogP contribution in [0.1, 0.15) is 108 Å². The summed E-state index contributed by atoms with van der Waals surface area (Å²) in [7, 11) is 3.36. The molecular formula is C48H81N7O12. The molecule has 19 heteroatoms. The van der Waals surface area contributed by atoms with Crippen LogP contribution in [0.25, 0.3) is 0 Å². The smallest absolute Gasteiger partial charge is 0.316 e. The fourth-order valence-electron chi connectivity index (χ4n) is 10.4. The zero-order valence-electron chi connectivity index (χ0n) is 42.0. The number of likely N-dealkylation sites (N-methyl/N-ethyl adjacent to an activating group) is 1. The van der Waals surface area contributed by atoms with E-state index in [1.165, 1.54) is 14.0 Å². The van der Waals surface area contributed by atoms with Gasteiger partial charge in [-0.1, -0.05) is 27.7 Å². The third-order valence-electron chi connectivity index (χ3n) is 14.4. The minimum absolute atomic E-state index is 0.0199. The van der Waals surface area contributed by atoms with Crippen molar-refractivity contribution in [2.24, 2.45) is 17.8 Å². The highest BCUT2D eigenvalue weighted by Crippen LogP contribution is 2.44. The predicted molar refractivity (Wildman–Crippen MR) is 249 cm³/mol. The maximum atomic E-state index is 14.6. The van der Waals surface area contributed by atoms with Crippen molar-refractivity contribution in [1.29, 1.82) is 0 Å². The summed E-state index contributed by atoms with van der Waals surface area (Å²) in [6, 6.07) is 2.64. The molecule has 0 saturated carbocycles. The van der Waals surface area contributed by atoms with Crippen LogP contribution in [0.5, 0.6) is 6.01 Å². The predicted octanol–water partition coefficient (Wildman–Crippen LogP) is 3.17. The molecule has 3 aliphatic heterocycles. The topological polar surface area (TPSA) is 241 Å². The van der Waals surface area contributed by atoms with Crippen LogP contribution in [-0.4, -0.2) is 170 Å². The second-order valence-corrected chi connectivity index (χ2v) is 20.0. The van der Waals surface area contributed by atoms with Crippen molar-refractivity contribution in [3.8, 4) is 6.01 Å². The number of nitrogens with zero attached hydrogens (tertiary/aromatic N) is 5. The number of aromatic nitrogens is 4. The van der Waals surface area contributed by atoms with Crippen molar-refractivity contribution in [3.63, 3.8) is 0 Å². The first-order chi connectivity index (χ1) is 31.5. The van der Waals surface area contributed by atoms with Crippen molar-refractivity contribution >= 4 is 11.9 Å². The summed E-state index contributed by atoms with van der Waals surface area (Å²) in [5.74, 6) is -2.37. The van der Waals surface area contributed by atoms with Gasteiger partial charge in [0.15, 0.2) is 18.7 Å².